The van der Waals surface area contributed by atoms with Crippen molar-refractivity contribution in [3.05, 3.63) is 71.3 Å². The third-order valence-electron chi connectivity index (χ3n) is 4.84. The molecule has 1 fully saturated rings. The molecule has 2 amide bonds. The molecule has 0 heterocycles. The zero-order valence-corrected chi connectivity index (χ0v) is 15.1. The standard InChI is InChI=1S/C21H22F2N2O2/c1-2-25(13-20(26)24-12-14-7-9-15(22)10-8-14)21(27)18-11-17(18)16-5-3-4-6-19(16)23/h3-10,17-18H,2,11-13H2,1H3,(H,24,26). The van der Waals surface area contributed by atoms with Crippen LogP contribution in [0.4, 0.5) is 8.78 Å². The van der Waals surface area contributed by atoms with Crippen LogP contribution in [0.15, 0.2) is 48.5 Å². The SMILES string of the molecule is CCN(CC(=O)NCc1ccc(F)cc1)C(=O)C1CC1c1ccccc1F. The van der Waals surface area contributed by atoms with Gasteiger partial charge in [0.1, 0.15) is 11.6 Å². The van der Waals surface area contributed by atoms with Crippen LogP contribution in [-0.2, 0) is 16.1 Å². The Labute approximate surface area is 157 Å². The quantitative estimate of drug-likeness (QED) is 0.811. The van der Waals surface area contributed by atoms with Crippen LogP contribution in [0.25, 0.3) is 0 Å². The molecule has 1 N–H and O–H groups in total. The number of hydrogen-bond donors (Lipinski definition) is 1. The fourth-order valence-electron chi connectivity index (χ4n) is 3.20. The molecule has 0 saturated heterocycles. The van der Waals surface area contributed by atoms with E-state index in [0.29, 0.717) is 18.5 Å². The Morgan fingerprint density at radius 1 is 1.11 bits per heavy atom. The Morgan fingerprint density at radius 2 is 1.81 bits per heavy atom. The van der Waals surface area contributed by atoms with Crippen molar-refractivity contribution in [2.45, 2.75) is 25.8 Å². The van der Waals surface area contributed by atoms with Gasteiger partial charge in [-0.15, -0.1) is 0 Å². The molecule has 0 spiro atoms. The highest BCUT2D eigenvalue weighted by molar-refractivity contribution is 5.88. The van der Waals surface area contributed by atoms with Gasteiger partial charge in [-0.3, -0.25) is 9.59 Å². The van der Waals surface area contributed by atoms with Gasteiger partial charge in [-0.05, 0) is 48.6 Å². The van der Waals surface area contributed by atoms with Crippen molar-refractivity contribution in [2.24, 2.45) is 5.92 Å². The highest BCUT2D eigenvalue weighted by Gasteiger charge is 2.46. The monoisotopic (exact) mass is 372 g/mol. The van der Waals surface area contributed by atoms with E-state index in [0.717, 1.165) is 5.56 Å². The molecule has 2 aromatic carbocycles. The number of likely N-dealkylation sites (N-methyl/N-ethyl adjacent to an activating group) is 1. The number of amides is 2. The molecule has 1 aliphatic carbocycles. The van der Waals surface area contributed by atoms with Crippen LogP contribution in [-0.4, -0.2) is 29.8 Å². The van der Waals surface area contributed by atoms with E-state index in [1.54, 1.807) is 30.3 Å². The van der Waals surface area contributed by atoms with E-state index in [1.807, 2.05) is 6.92 Å². The minimum Gasteiger partial charge on any atom is -0.350 e. The summed E-state index contributed by atoms with van der Waals surface area (Å²) >= 11 is 0. The van der Waals surface area contributed by atoms with Crippen LogP contribution in [0.5, 0.6) is 0 Å². The lowest BCUT2D eigenvalue weighted by molar-refractivity contribution is -0.137. The molecule has 27 heavy (non-hydrogen) atoms. The third kappa shape index (κ3) is 4.70. The number of rotatable bonds is 7. The fraction of sp³-hybridized carbons (Fsp3) is 0.333. The number of benzene rings is 2. The highest BCUT2D eigenvalue weighted by Crippen LogP contribution is 2.49. The number of carbonyl (C=O) groups excluding carboxylic acids is 2. The summed E-state index contributed by atoms with van der Waals surface area (Å²) in [6.07, 6.45) is 0.605. The molecule has 0 aliphatic heterocycles. The van der Waals surface area contributed by atoms with Gasteiger partial charge in [0.25, 0.3) is 0 Å². The molecule has 0 radical (unpaired) electrons. The van der Waals surface area contributed by atoms with Crippen LogP contribution in [0.1, 0.15) is 30.4 Å². The van der Waals surface area contributed by atoms with Crippen molar-refractivity contribution < 1.29 is 18.4 Å². The maximum absolute atomic E-state index is 13.9. The van der Waals surface area contributed by atoms with Crippen molar-refractivity contribution >= 4 is 11.8 Å². The summed E-state index contributed by atoms with van der Waals surface area (Å²) < 4.78 is 26.8. The molecule has 4 nitrogen and oxygen atoms in total. The van der Waals surface area contributed by atoms with Gasteiger partial charge in [0.15, 0.2) is 0 Å². The molecule has 0 aromatic heterocycles. The molecule has 1 saturated carbocycles. The summed E-state index contributed by atoms with van der Waals surface area (Å²) in [5, 5.41) is 2.73. The summed E-state index contributed by atoms with van der Waals surface area (Å²) in [6.45, 7) is 2.44. The van der Waals surface area contributed by atoms with Gasteiger partial charge >= 0.3 is 0 Å². The summed E-state index contributed by atoms with van der Waals surface area (Å²) in [5.41, 5.74) is 1.34. The maximum atomic E-state index is 13.9. The lowest BCUT2D eigenvalue weighted by atomic mass is 10.1. The molecular formula is C21H22F2N2O2. The number of halogens is 2. The van der Waals surface area contributed by atoms with E-state index in [4.69, 9.17) is 0 Å². The van der Waals surface area contributed by atoms with E-state index >= 15 is 0 Å². The topological polar surface area (TPSA) is 49.4 Å². The molecule has 0 bridgehead atoms. The number of nitrogens with zero attached hydrogens (tertiary/aromatic N) is 1. The van der Waals surface area contributed by atoms with Gasteiger partial charge in [0.2, 0.25) is 11.8 Å². The second kappa shape index (κ2) is 8.29. The second-order valence-electron chi connectivity index (χ2n) is 6.73. The molecule has 2 atom stereocenters. The van der Waals surface area contributed by atoms with Crippen LogP contribution >= 0.6 is 0 Å². The fourth-order valence-corrected chi connectivity index (χ4v) is 3.20. The maximum Gasteiger partial charge on any atom is 0.239 e. The molecule has 2 aromatic rings. The smallest absolute Gasteiger partial charge is 0.239 e. The van der Waals surface area contributed by atoms with Crippen molar-refractivity contribution in [3.8, 4) is 0 Å². The number of hydrogen-bond acceptors (Lipinski definition) is 2. The van der Waals surface area contributed by atoms with E-state index in [1.165, 1.54) is 23.1 Å². The minimum atomic E-state index is -0.332. The van der Waals surface area contributed by atoms with Crippen LogP contribution in [0.3, 0.4) is 0 Å². The summed E-state index contributed by atoms with van der Waals surface area (Å²) in [4.78, 5) is 26.3. The average Bonchev–Trinajstić information content (AvgIpc) is 3.46. The zero-order valence-electron chi connectivity index (χ0n) is 15.1. The van der Waals surface area contributed by atoms with Gasteiger partial charge in [-0.25, -0.2) is 8.78 Å². The predicted molar refractivity (Wildman–Crippen MR) is 97.7 cm³/mol. The highest BCUT2D eigenvalue weighted by atomic mass is 19.1. The summed E-state index contributed by atoms with van der Waals surface area (Å²) in [7, 11) is 0. The Kier molecular flexibility index (Phi) is 5.84. The third-order valence-corrected chi connectivity index (χ3v) is 4.84. The van der Waals surface area contributed by atoms with Crippen molar-refractivity contribution in [2.75, 3.05) is 13.1 Å². The van der Waals surface area contributed by atoms with Crippen molar-refractivity contribution in [3.63, 3.8) is 0 Å². The first-order valence-electron chi connectivity index (χ1n) is 9.04. The number of nitrogens with one attached hydrogen (secondary N) is 1. The largest absolute Gasteiger partial charge is 0.350 e. The molecule has 1 aliphatic rings. The van der Waals surface area contributed by atoms with Crippen molar-refractivity contribution in [1.82, 2.24) is 10.2 Å². The van der Waals surface area contributed by atoms with E-state index in [-0.39, 0.29) is 48.4 Å². The zero-order chi connectivity index (χ0) is 19.4. The lowest BCUT2D eigenvalue weighted by Gasteiger charge is -2.20. The predicted octanol–water partition coefficient (Wildman–Crippen LogP) is 3.23. The van der Waals surface area contributed by atoms with Gasteiger partial charge in [-0.2, -0.15) is 0 Å². The van der Waals surface area contributed by atoms with Gasteiger partial charge < -0.3 is 10.2 Å². The average molecular weight is 372 g/mol. The first-order valence-corrected chi connectivity index (χ1v) is 9.04. The molecule has 3 rings (SSSR count). The Morgan fingerprint density at radius 3 is 2.48 bits per heavy atom. The second-order valence-corrected chi connectivity index (χ2v) is 6.73. The minimum absolute atomic E-state index is 0.0446. The first kappa shape index (κ1) is 19.0. The van der Waals surface area contributed by atoms with Gasteiger partial charge in [-0.1, -0.05) is 30.3 Å². The Bertz CT molecular complexity index is 823. The van der Waals surface area contributed by atoms with E-state index in [2.05, 4.69) is 5.32 Å². The molecule has 6 heteroatoms. The molecular weight excluding hydrogens is 350 g/mol. The van der Waals surface area contributed by atoms with Crippen LogP contribution in [0, 0.1) is 17.6 Å². The van der Waals surface area contributed by atoms with Crippen molar-refractivity contribution in [1.29, 1.82) is 0 Å². The normalized spacial score (nSPS) is 18.0. The Balaban J connectivity index is 1.52. The van der Waals surface area contributed by atoms with E-state index < -0.39 is 0 Å². The summed E-state index contributed by atoms with van der Waals surface area (Å²) in [6, 6.07) is 12.4. The molecule has 2 unspecified atom stereocenters. The first-order chi connectivity index (χ1) is 13.0. The van der Waals surface area contributed by atoms with Gasteiger partial charge in [0, 0.05) is 19.0 Å². The number of carbonyl (C=O) groups is 2. The summed E-state index contributed by atoms with van der Waals surface area (Å²) in [5.74, 6) is -1.42. The Hall–Kier alpha value is -2.76. The van der Waals surface area contributed by atoms with Crippen LogP contribution in [0.2, 0.25) is 0 Å². The lowest BCUT2D eigenvalue weighted by Crippen LogP contribution is -2.41. The van der Waals surface area contributed by atoms with Crippen LogP contribution < -0.4 is 5.32 Å². The molecule has 142 valence electrons. The van der Waals surface area contributed by atoms with E-state index in [9.17, 15) is 18.4 Å². The van der Waals surface area contributed by atoms with Gasteiger partial charge in [0.05, 0.1) is 6.54 Å².